The predicted octanol–water partition coefficient (Wildman–Crippen LogP) is 2.66. The number of ether oxygens (including phenoxy) is 1. The first-order valence-electron chi connectivity index (χ1n) is 7.26. The van der Waals surface area contributed by atoms with Gasteiger partial charge in [0.05, 0.1) is 28.8 Å². The lowest BCUT2D eigenvalue weighted by atomic mass is 10.1. The molecule has 0 spiro atoms. The van der Waals surface area contributed by atoms with Crippen LogP contribution in [0, 0.1) is 11.3 Å². The highest BCUT2D eigenvalue weighted by molar-refractivity contribution is 7.89. The van der Waals surface area contributed by atoms with Gasteiger partial charge in [-0.15, -0.1) is 0 Å². The van der Waals surface area contributed by atoms with Gasteiger partial charge in [0.25, 0.3) is 10.0 Å². The molecule has 2 rings (SSSR count). The van der Waals surface area contributed by atoms with Gasteiger partial charge in [0, 0.05) is 0 Å². The zero-order chi connectivity index (χ0) is 17.6. The Labute approximate surface area is 141 Å². The fraction of sp³-hybridized carbons (Fsp3) is 0.176. The summed E-state index contributed by atoms with van der Waals surface area (Å²) in [7, 11) is -3.75. The lowest BCUT2D eigenvalue weighted by molar-refractivity contribution is 0.340. The Morgan fingerprint density at radius 2 is 1.79 bits per heavy atom. The maximum atomic E-state index is 12.2. The van der Waals surface area contributed by atoms with Crippen LogP contribution in [0.4, 0.5) is 0 Å². The highest BCUT2D eigenvalue weighted by Gasteiger charge is 2.13. The van der Waals surface area contributed by atoms with Crippen LogP contribution in [0.3, 0.4) is 0 Å². The van der Waals surface area contributed by atoms with Crippen LogP contribution in [0.2, 0.25) is 0 Å². The largest absolute Gasteiger partial charge is 0.494 e. The molecule has 124 valence electrons. The molecule has 0 heterocycles. The summed E-state index contributed by atoms with van der Waals surface area (Å²) in [5, 5.41) is 12.7. The van der Waals surface area contributed by atoms with E-state index in [1.165, 1.54) is 12.1 Å². The molecule has 0 fully saturated rings. The van der Waals surface area contributed by atoms with Crippen LogP contribution in [0.1, 0.15) is 25.0 Å². The summed E-state index contributed by atoms with van der Waals surface area (Å²) in [5.74, 6) is 0.605. The molecule has 0 aliphatic carbocycles. The molecule has 6 nitrogen and oxygen atoms in total. The first-order valence-corrected chi connectivity index (χ1v) is 8.74. The van der Waals surface area contributed by atoms with E-state index in [0.717, 1.165) is 5.56 Å². The van der Waals surface area contributed by atoms with E-state index < -0.39 is 10.0 Å². The van der Waals surface area contributed by atoms with Crippen molar-refractivity contribution in [1.29, 1.82) is 5.26 Å². The summed E-state index contributed by atoms with van der Waals surface area (Å²) in [5.41, 5.74) is 1.75. The van der Waals surface area contributed by atoms with Gasteiger partial charge < -0.3 is 4.74 Å². The van der Waals surface area contributed by atoms with Crippen LogP contribution in [0.25, 0.3) is 0 Å². The Morgan fingerprint density at radius 3 is 2.33 bits per heavy atom. The molecule has 0 radical (unpaired) electrons. The number of hydrazone groups is 1. The third-order valence-electron chi connectivity index (χ3n) is 3.21. The highest BCUT2D eigenvalue weighted by atomic mass is 32.2. The van der Waals surface area contributed by atoms with Gasteiger partial charge in [-0.3, -0.25) is 0 Å². The first kappa shape index (κ1) is 17.5. The zero-order valence-corrected chi connectivity index (χ0v) is 14.2. The van der Waals surface area contributed by atoms with E-state index >= 15 is 0 Å². The maximum Gasteiger partial charge on any atom is 0.276 e. The minimum Gasteiger partial charge on any atom is -0.494 e. The van der Waals surface area contributed by atoms with E-state index in [1.54, 1.807) is 43.3 Å². The lowest BCUT2D eigenvalue weighted by Crippen LogP contribution is -2.19. The molecule has 7 heteroatoms. The standard InChI is InChI=1S/C17H17N3O3S/c1-3-23-16-8-10-17(11-9-16)24(21,22)20-19-13(2)15-6-4-14(12-18)5-7-15/h4-11,20H,3H2,1-2H3/b19-13+. The first-order chi connectivity index (χ1) is 11.5. The van der Waals surface area contributed by atoms with E-state index in [-0.39, 0.29) is 4.90 Å². The van der Waals surface area contributed by atoms with Crippen molar-refractivity contribution in [2.24, 2.45) is 5.10 Å². The van der Waals surface area contributed by atoms with E-state index in [4.69, 9.17) is 10.00 Å². The number of nitrogens with zero attached hydrogens (tertiary/aromatic N) is 2. The molecule has 0 atom stereocenters. The molecule has 24 heavy (non-hydrogen) atoms. The van der Waals surface area contributed by atoms with Gasteiger partial charge in [0.15, 0.2) is 0 Å². The molecule has 2 aromatic rings. The monoisotopic (exact) mass is 343 g/mol. The van der Waals surface area contributed by atoms with Gasteiger partial charge in [0.2, 0.25) is 0 Å². The normalized spacial score (nSPS) is 11.6. The molecule has 1 N–H and O–H groups in total. The Bertz CT molecular complexity index is 865. The number of hydrogen-bond donors (Lipinski definition) is 1. The van der Waals surface area contributed by atoms with Crippen LogP contribution in [-0.4, -0.2) is 20.7 Å². The van der Waals surface area contributed by atoms with Gasteiger partial charge in [-0.2, -0.15) is 23.6 Å². The van der Waals surface area contributed by atoms with Crippen molar-refractivity contribution in [2.45, 2.75) is 18.7 Å². The predicted molar refractivity (Wildman–Crippen MR) is 91.3 cm³/mol. The summed E-state index contributed by atoms with van der Waals surface area (Å²) in [6, 6.07) is 14.8. The van der Waals surface area contributed by atoms with Crippen molar-refractivity contribution in [3.63, 3.8) is 0 Å². The Balaban J connectivity index is 2.14. The third-order valence-corrected chi connectivity index (χ3v) is 4.43. The highest BCUT2D eigenvalue weighted by Crippen LogP contribution is 2.16. The summed E-state index contributed by atoms with van der Waals surface area (Å²) in [4.78, 5) is 2.31. The minimum absolute atomic E-state index is 0.0994. The van der Waals surface area contributed by atoms with Crippen molar-refractivity contribution in [1.82, 2.24) is 4.83 Å². The van der Waals surface area contributed by atoms with Crippen LogP contribution < -0.4 is 9.57 Å². The smallest absolute Gasteiger partial charge is 0.276 e. The third kappa shape index (κ3) is 4.33. The average molecular weight is 343 g/mol. The second kappa shape index (κ2) is 7.62. The second-order valence-corrected chi connectivity index (χ2v) is 6.55. The van der Waals surface area contributed by atoms with Crippen molar-refractivity contribution in [3.8, 4) is 11.8 Å². The molecule has 0 saturated heterocycles. The van der Waals surface area contributed by atoms with E-state index in [1.807, 2.05) is 13.0 Å². The summed E-state index contributed by atoms with van der Waals surface area (Å²) < 4.78 is 29.8. The lowest BCUT2D eigenvalue weighted by Gasteiger charge is -2.07. The average Bonchev–Trinajstić information content (AvgIpc) is 2.60. The number of sulfonamides is 1. The van der Waals surface area contributed by atoms with Crippen molar-refractivity contribution in [2.75, 3.05) is 6.61 Å². The summed E-state index contributed by atoms with van der Waals surface area (Å²) in [6.07, 6.45) is 0. The number of rotatable bonds is 6. The van der Waals surface area contributed by atoms with E-state index in [9.17, 15) is 8.42 Å². The van der Waals surface area contributed by atoms with Crippen LogP contribution in [0.5, 0.6) is 5.75 Å². The van der Waals surface area contributed by atoms with E-state index in [2.05, 4.69) is 9.93 Å². The number of hydrogen-bond acceptors (Lipinski definition) is 5. The summed E-state index contributed by atoms with van der Waals surface area (Å²) in [6.45, 7) is 4.05. The van der Waals surface area contributed by atoms with Crippen LogP contribution >= 0.6 is 0 Å². The van der Waals surface area contributed by atoms with Gasteiger partial charge >= 0.3 is 0 Å². The minimum atomic E-state index is -3.75. The molecule has 0 bridgehead atoms. The molecular formula is C17H17N3O3S. The quantitative estimate of drug-likeness (QED) is 0.645. The fourth-order valence-corrected chi connectivity index (χ4v) is 2.77. The van der Waals surface area contributed by atoms with E-state index in [0.29, 0.717) is 23.6 Å². The number of benzene rings is 2. The van der Waals surface area contributed by atoms with Crippen molar-refractivity contribution >= 4 is 15.7 Å². The van der Waals surface area contributed by atoms with Gasteiger partial charge in [-0.1, -0.05) is 12.1 Å². The molecule has 0 aromatic heterocycles. The van der Waals surface area contributed by atoms with Crippen molar-refractivity contribution < 1.29 is 13.2 Å². The zero-order valence-electron chi connectivity index (χ0n) is 13.4. The van der Waals surface area contributed by atoms with Crippen molar-refractivity contribution in [3.05, 3.63) is 59.7 Å². The summed E-state index contributed by atoms with van der Waals surface area (Å²) >= 11 is 0. The molecule has 0 aliphatic heterocycles. The van der Waals surface area contributed by atoms with Gasteiger partial charge in [0.1, 0.15) is 5.75 Å². The second-order valence-electron chi connectivity index (χ2n) is 4.89. The van der Waals surface area contributed by atoms with Crippen LogP contribution in [0.15, 0.2) is 58.5 Å². The number of nitriles is 1. The Morgan fingerprint density at radius 1 is 1.17 bits per heavy atom. The molecule has 0 aliphatic rings. The topological polar surface area (TPSA) is 91.6 Å². The Kier molecular flexibility index (Phi) is 5.55. The molecule has 2 aromatic carbocycles. The fourth-order valence-electron chi connectivity index (χ4n) is 1.91. The van der Waals surface area contributed by atoms with Gasteiger partial charge in [-0.25, -0.2) is 0 Å². The van der Waals surface area contributed by atoms with Gasteiger partial charge in [-0.05, 0) is 55.8 Å². The molecule has 0 saturated carbocycles. The molecular weight excluding hydrogens is 326 g/mol. The number of nitrogens with one attached hydrogen (secondary N) is 1. The molecule has 0 unspecified atom stereocenters. The maximum absolute atomic E-state index is 12.2. The SMILES string of the molecule is CCOc1ccc(S(=O)(=O)N/N=C(\C)c2ccc(C#N)cc2)cc1. The van der Waals surface area contributed by atoms with Crippen LogP contribution in [-0.2, 0) is 10.0 Å². The molecule has 0 amide bonds. The Hall–Kier alpha value is -2.85.